The molecule has 3 N–H and O–H groups in total. The van der Waals surface area contributed by atoms with Gasteiger partial charge >= 0.3 is 0 Å². The smallest absolute Gasteiger partial charge is 0.0509 e. The van der Waals surface area contributed by atoms with Crippen LogP contribution < -0.4 is 11.3 Å². The van der Waals surface area contributed by atoms with E-state index in [0.29, 0.717) is 12.0 Å². The van der Waals surface area contributed by atoms with E-state index in [-0.39, 0.29) is 0 Å². The van der Waals surface area contributed by atoms with Crippen LogP contribution >= 0.6 is 0 Å². The summed E-state index contributed by atoms with van der Waals surface area (Å²) < 4.78 is 7.43. The molecule has 0 amide bonds. The largest absolute Gasteiger partial charge is 0.381 e. The van der Waals surface area contributed by atoms with Crippen molar-refractivity contribution >= 4 is 0 Å². The number of hydrogen-bond donors (Lipinski definition) is 2. The Labute approximate surface area is 102 Å². The van der Waals surface area contributed by atoms with E-state index in [9.17, 15) is 0 Å². The van der Waals surface area contributed by atoms with E-state index in [1.807, 2.05) is 17.9 Å². The molecule has 2 unspecified atom stereocenters. The standard InChI is InChI=1S/C12H22N4O/c1-16-11(6-7-14-16)4-5-12(15-13)10-3-2-8-17-9-10/h6-7,10,12,15H,2-5,8-9,13H2,1H3. The first-order valence-electron chi connectivity index (χ1n) is 6.32. The first-order chi connectivity index (χ1) is 8.31. The van der Waals surface area contributed by atoms with Crippen LogP contribution in [0.25, 0.3) is 0 Å². The number of hydrogen-bond acceptors (Lipinski definition) is 4. The minimum Gasteiger partial charge on any atom is -0.381 e. The van der Waals surface area contributed by atoms with Gasteiger partial charge in [0.05, 0.1) is 6.61 Å². The lowest BCUT2D eigenvalue weighted by Crippen LogP contribution is -2.44. The Morgan fingerprint density at radius 2 is 2.59 bits per heavy atom. The van der Waals surface area contributed by atoms with Crippen LogP contribution in [0.5, 0.6) is 0 Å². The molecule has 1 aromatic heterocycles. The molecule has 17 heavy (non-hydrogen) atoms. The number of ether oxygens (including phenoxy) is 1. The normalized spacial score (nSPS) is 22.6. The number of hydrazine groups is 1. The first kappa shape index (κ1) is 12.5. The van der Waals surface area contributed by atoms with E-state index in [1.165, 1.54) is 12.1 Å². The minimum absolute atomic E-state index is 0.338. The Morgan fingerprint density at radius 1 is 1.71 bits per heavy atom. The fraction of sp³-hybridized carbons (Fsp3) is 0.750. The monoisotopic (exact) mass is 238 g/mol. The van der Waals surface area contributed by atoms with Gasteiger partial charge in [-0.3, -0.25) is 16.0 Å². The number of nitrogens with two attached hydrogens (primary N) is 1. The van der Waals surface area contributed by atoms with Crippen LogP contribution in [0, 0.1) is 5.92 Å². The van der Waals surface area contributed by atoms with Crippen molar-refractivity contribution in [1.82, 2.24) is 15.2 Å². The molecule has 0 aliphatic carbocycles. The van der Waals surface area contributed by atoms with Crippen LogP contribution in [0.3, 0.4) is 0 Å². The van der Waals surface area contributed by atoms with E-state index < -0.39 is 0 Å². The van der Waals surface area contributed by atoms with Gasteiger partial charge in [0.15, 0.2) is 0 Å². The summed E-state index contributed by atoms with van der Waals surface area (Å²) in [6.07, 6.45) is 6.23. The average molecular weight is 238 g/mol. The van der Waals surface area contributed by atoms with Crippen molar-refractivity contribution in [3.8, 4) is 0 Å². The zero-order chi connectivity index (χ0) is 12.1. The van der Waals surface area contributed by atoms with Crippen molar-refractivity contribution < 1.29 is 4.74 Å². The van der Waals surface area contributed by atoms with Gasteiger partial charge in [0.2, 0.25) is 0 Å². The fourth-order valence-electron chi connectivity index (χ4n) is 2.49. The number of aromatic nitrogens is 2. The van der Waals surface area contributed by atoms with Gasteiger partial charge in [-0.2, -0.15) is 5.10 Å². The average Bonchev–Trinajstić information content (AvgIpc) is 2.77. The molecule has 1 aromatic rings. The second-order valence-corrected chi connectivity index (χ2v) is 4.74. The van der Waals surface area contributed by atoms with E-state index in [0.717, 1.165) is 32.5 Å². The van der Waals surface area contributed by atoms with Crippen LogP contribution in [0.15, 0.2) is 12.3 Å². The predicted molar refractivity (Wildman–Crippen MR) is 66.2 cm³/mol. The summed E-state index contributed by atoms with van der Waals surface area (Å²) in [5.41, 5.74) is 4.20. The summed E-state index contributed by atoms with van der Waals surface area (Å²) in [4.78, 5) is 0. The molecular formula is C12H22N4O. The topological polar surface area (TPSA) is 65.1 Å². The number of aryl methyl sites for hydroxylation is 2. The lowest BCUT2D eigenvalue weighted by molar-refractivity contribution is 0.0379. The summed E-state index contributed by atoms with van der Waals surface area (Å²) in [7, 11) is 1.98. The first-order valence-corrected chi connectivity index (χ1v) is 6.32. The van der Waals surface area contributed by atoms with Crippen molar-refractivity contribution in [1.29, 1.82) is 0 Å². The highest BCUT2D eigenvalue weighted by molar-refractivity contribution is 5.00. The van der Waals surface area contributed by atoms with Gasteiger partial charge in [-0.15, -0.1) is 0 Å². The highest BCUT2D eigenvalue weighted by atomic mass is 16.5. The van der Waals surface area contributed by atoms with Crippen LogP contribution in [0.4, 0.5) is 0 Å². The SMILES string of the molecule is Cn1nccc1CCC(NN)C1CCCOC1. The molecule has 1 fully saturated rings. The molecule has 5 heteroatoms. The Morgan fingerprint density at radius 3 is 3.18 bits per heavy atom. The molecule has 0 aromatic carbocycles. The zero-order valence-corrected chi connectivity index (χ0v) is 10.4. The van der Waals surface area contributed by atoms with Crippen molar-refractivity contribution in [2.75, 3.05) is 13.2 Å². The third-order valence-corrected chi connectivity index (χ3v) is 3.61. The maximum Gasteiger partial charge on any atom is 0.0509 e. The molecular weight excluding hydrogens is 216 g/mol. The molecule has 2 atom stereocenters. The van der Waals surface area contributed by atoms with Gasteiger partial charge in [-0.05, 0) is 37.7 Å². The Bertz CT molecular complexity index is 333. The minimum atomic E-state index is 0.338. The van der Waals surface area contributed by atoms with Crippen molar-refractivity contribution in [3.05, 3.63) is 18.0 Å². The second-order valence-electron chi connectivity index (χ2n) is 4.74. The van der Waals surface area contributed by atoms with Gasteiger partial charge in [-0.25, -0.2) is 0 Å². The quantitative estimate of drug-likeness (QED) is 0.583. The molecule has 0 spiro atoms. The molecule has 1 aliphatic heterocycles. The molecule has 0 saturated carbocycles. The van der Waals surface area contributed by atoms with Crippen molar-refractivity contribution in [3.63, 3.8) is 0 Å². The van der Waals surface area contributed by atoms with E-state index in [2.05, 4.69) is 16.6 Å². The molecule has 2 rings (SSSR count). The summed E-state index contributed by atoms with van der Waals surface area (Å²) in [5.74, 6) is 6.20. The maximum absolute atomic E-state index is 5.65. The van der Waals surface area contributed by atoms with E-state index >= 15 is 0 Å². The lowest BCUT2D eigenvalue weighted by Gasteiger charge is -2.29. The van der Waals surface area contributed by atoms with Gasteiger partial charge in [-0.1, -0.05) is 0 Å². The molecule has 2 heterocycles. The number of nitrogens with one attached hydrogen (secondary N) is 1. The van der Waals surface area contributed by atoms with Gasteiger partial charge in [0.25, 0.3) is 0 Å². The molecule has 0 bridgehead atoms. The van der Waals surface area contributed by atoms with Crippen LogP contribution in [0.2, 0.25) is 0 Å². The predicted octanol–water partition coefficient (Wildman–Crippen LogP) is 0.611. The summed E-state index contributed by atoms with van der Waals surface area (Å²) in [6.45, 7) is 1.73. The van der Waals surface area contributed by atoms with Crippen LogP contribution in [0.1, 0.15) is 25.0 Å². The van der Waals surface area contributed by atoms with Crippen molar-refractivity contribution in [2.45, 2.75) is 31.7 Å². The van der Waals surface area contributed by atoms with E-state index in [4.69, 9.17) is 10.6 Å². The van der Waals surface area contributed by atoms with Gasteiger partial charge in [0.1, 0.15) is 0 Å². The van der Waals surface area contributed by atoms with E-state index in [1.54, 1.807) is 0 Å². The van der Waals surface area contributed by atoms with Crippen molar-refractivity contribution in [2.24, 2.45) is 18.8 Å². The molecule has 1 aliphatic rings. The fourth-order valence-corrected chi connectivity index (χ4v) is 2.49. The third kappa shape index (κ3) is 3.28. The third-order valence-electron chi connectivity index (χ3n) is 3.61. The second kappa shape index (κ2) is 6.14. The van der Waals surface area contributed by atoms with Gasteiger partial charge < -0.3 is 4.74 Å². The lowest BCUT2D eigenvalue weighted by atomic mass is 9.91. The van der Waals surface area contributed by atoms with Crippen LogP contribution in [-0.4, -0.2) is 29.0 Å². The molecule has 5 nitrogen and oxygen atoms in total. The molecule has 96 valence electrons. The highest BCUT2D eigenvalue weighted by Crippen LogP contribution is 2.20. The van der Waals surface area contributed by atoms with Gasteiger partial charge in [0, 0.05) is 31.6 Å². The number of rotatable bonds is 5. The highest BCUT2D eigenvalue weighted by Gasteiger charge is 2.23. The molecule has 0 radical (unpaired) electrons. The summed E-state index contributed by atoms with van der Waals surface area (Å²) in [5, 5.41) is 4.17. The summed E-state index contributed by atoms with van der Waals surface area (Å²) >= 11 is 0. The Kier molecular flexibility index (Phi) is 4.53. The molecule has 1 saturated heterocycles. The number of nitrogens with zero attached hydrogens (tertiary/aromatic N) is 2. The Balaban J connectivity index is 1.84. The zero-order valence-electron chi connectivity index (χ0n) is 10.4. The van der Waals surface area contributed by atoms with Crippen LogP contribution in [-0.2, 0) is 18.2 Å². The summed E-state index contributed by atoms with van der Waals surface area (Å²) in [6, 6.07) is 2.40. The Hall–Kier alpha value is -0.910. The maximum atomic E-state index is 5.65.